The second kappa shape index (κ2) is 22.7. The van der Waals surface area contributed by atoms with Crippen molar-refractivity contribution < 1.29 is 56.1 Å². The van der Waals surface area contributed by atoms with Crippen LogP contribution in [-0.2, 0) is 52.1 Å². The Balaban J connectivity index is 0.000000241. The van der Waals surface area contributed by atoms with Crippen LogP contribution in [0.2, 0.25) is 0 Å². The quantitative estimate of drug-likeness (QED) is 0.0638. The van der Waals surface area contributed by atoms with E-state index in [-0.39, 0.29) is 34.3 Å². The monoisotopic (exact) mass is 1060 g/mol. The Bertz CT molecular complexity index is 2990. The molecule has 0 saturated carbocycles. The van der Waals surface area contributed by atoms with E-state index in [1.807, 2.05) is 27.7 Å². The number of phenolic OH excluding ortho intramolecular Hbond substituents is 1. The highest BCUT2D eigenvalue weighted by atomic mass is 32.2. The molecular weight excluding hydrogens is 1000 g/mol. The topological polar surface area (TPSA) is 257 Å². The molecule has 2 aliphatic heterocycles. The van der Waals surface area contributed by atoms with E-state index in [0.29, 0.717) is 42.5 Å². The Labute approximate surface area is 427 Å². The molecule has 72 heavy (non-hydrogen) atoms. The molecule has 382 valence electrons. The van der Waals surface area contributed by atoms with Crippen molar-refractivity contribution in [2.75, 3.05) is 16.8 Å². The highest BCUT2D eigenvalue weighted by molar-refractivity contribution is 8.01. The summed E-state index contributed by atoms with van der Waals surface area (Å²) in [7, 11) is -8.98. The molecule has 5 aromatic carbocycles. The second-order valence-electron chi connectivity index (χ2n) is 18.6. The number of nitrogens with zero attached hydrogens (tertiary/aromatic N) is 2. The molecule has 6 N–H and O–H groups in total. The van der Waals surface area contributed by atoms with Gasteiger partial charge in [-0.05, 0) is 113 Å². The molecule has 17 nitrogen and oxygen atoms in total. The van der Waals surface area contributed by atoms with Crippen LogP contribution in [0.25, 0.3) is 0 Å². The van der Waals surface area contributed by atoms with Gasteiger partial charge in [-0.3, -0.25) is 25.0 Å². The number of rotatable bonds is 16. The molecule has 0 bridgehead atoms. The number of aromatic hydroxyl groups is 1. The third-order valence-corrected chi connectivity index (χ3v) is 18.2. The number of carbonyl (C=O) groups excluding carboxylic acids is 3. The Morgan fingerprint density at radius 1 is 0.597 bits per heavy atom. The first-order valence-corrected chi connectivity index (χ1v) is 27.5. The summed E-state index contributed by atoms with van der Waals surface area (Å²) in [5, 5.41) is 36.8. The van der Waals surface area contributed by atoms with Crippen LogP contribution >= 0.6 is 23.5 Å². The number of amides is 3. The number of aliphatic carboxylic acids is 2. The molecule has 2 aliphatic rings. The minimum Gasteiger partial charge on any atom is -0.508 e. The zero-order valence-electron chi connectivity index (χ0n) is 40.3. The van der Waals surface area contributed by atoms with Gasteiger partial charge in [-0.2, -0.15) is 0 Å². The van der Waals surface area contributed by atoms with Gasteiger partial charge < -0.3 is 20.6 Å². The molecular formula is C51H57N5O12S4. The standard InChI is InChI=1S/C29H31N3O6S2.C22H26N2O6S2/c1-19-9-15-23(16-10-19)40(37,38)32(27(34)26-31-29(2,3)18-39-26)24(28(35)36)17-20-11-13-22(14-12-20)30-25(33)21-7-5-4-6-8-21;1-14-4-10-17(11-5-14)32(29,30)24(20(26)19-23-22(2,3)13-31-19)18(21(27)28)12-15-6-8-16(25)9-7-15/h4-16,24,26,31H,17-18H2,1-3H3,(H,30,33)(H,35,36);4-11,18-19,23,25H,12-13H2,1-3H3,(H,27,28)/t24-,26-;18-,19-/m00/s1. The SMILES string of the molecule is Cc1ccc(S(=O)(=O)N(C(=O)[C@H]2NC(C)(C)CS2)[C@@H](Cc2ccc(NC(=O)c3ccccc3)cc2)C(=O)O)cc1.Cc1ccc(S(=O)(=O)N(C(=O)[C@H]2NC(C)(C)CS2)[C@@H](Cc2ccc(O)cc2)C(=O)O)cc1. The number of hydrogen-bond donors (Lipinski definition) is 6. The zero-order valence-corrected chi connectivity index (χ0v) is 43.6. The number of nitrogens with one attached hydrogen (secondary N) is 3. The van der Waals surface area contributed by atoms with Crippen molar-refractivity contribution in [3.63, 3.8) is 0 Å². The molecule has 2 saturated heterocycles. The predicted octanol–water partition coefficient (Wildman–Crippen LogP) is 6.26. The van der Waals surface area contributed by atoms with Gasteiger partial charge in [-0.15, -0.1) is 23.5 Å². The fraction of sp³-hybridized carbons (Fsp3) is 0.314. The summed E-state index contributed by atoms with van der Waals surface area (Å²) in [5.74, 6) is -3.75. The van der Waals surface area contributed by atoms with Gasteiger partial charge in [0.1, 0.15) is 28.6 Å². The summed E-state index contributed by atoms with van der Waals surface area (Å²) < 4.78 is 55.7. The molecule has 0 spiro atoms. The Kier molecular flexibility index (Phi) is 17.4. The number of carbonyl (C=O) groups is 5. The lowest BCUT2D eigenvalue weighted by Crippen LogP contribution is -2.55. The number of carboxylic acids is 2. The molecule has 7 rings (SSSR count). The van der Waals surface area contributed by atoms with E-state index >= 15 is 0 Å². The molecule has 0 aliphatic carbocycles. The van der Waals surface area contributed by atoms with Gasteiger partial charge >= 0.3 is 11.9 Å². The molecule has 5 aromatic rings. The minimum absolute atomic E-state index is 0.00498. The number of sulfonamides is 2. The Morgan fingerprint density at radius 3 is 1.32 bits per heavy atom. The fourth-order valence-electron chi connectivity index (χ4n) is 7.62. The number of thioether (sulfide) groups is 2. The van der Waals surface area contributed by atoms with Crippen LogP contribution in [0.3, 0.4) is 0 Å². The van der Waals surface area contributed by atoms with E-state index in [0.717, 1.165) is 11.1 Å². The van der Waals surface area contributed by atoms with Crippen LogP contribution in [0.5, 0.6) is 5.75 Å². The summed E-state index contributed by atoms with van der Waals surface area (Å²) in [6.45, 7) is 11.1. The summed E-state index contributed by atoms with van der Waals surface area (Å²) >= 11 is 2.48. The van der Waals surface area contributed by atoms with Gasteiger partial charge in [0.15, 0.2) is 0 Å². The Morgan fingerprint density at radius 2 is 0.972 bits per heavy atom. The molecule has 2 fully saturated rings. The first-order chi connectivity index (χ1) is 33.8. The number of hydrogen-bond acceptors (Lipinski definition) is 14. The number of benzene rings is 5. The van der Waals surface area contributed by atoms with Crippen molar-refractivity contribution in [1.29, 1.82) is 0 Å². The number of phenols is 1. The maximum absolute atomic E-state index is 13.8. The molecule has 0 radical (unpaired) electrons. The van der Waals surface area contributed by atoms with Crippen molar-refractivity contribution in [2.45, 2.75) is 98.1 Å². The maximum atomic E-state index is 13.8. The molecule has 3 amide bonds. The minimum atomic E-state index is -4.52. The van der Waals surface area contributed by atoms with E-state index in [1.165, 1.54) is 72.1 Å². The van der Waals surface area contributed by atoms with Crippen LogP contribution in [-0.4, -0.2) is 116 Å². The van der Waals surface area contributed by atoms with Gasteiger partial charge in [0.25, 0.3) is 37.8 Å². The third kappa shape index (κ3) is 13.6. The van der Waals surface area contributed by atoms with E-state index in [4.69, 9.17) is 0 Å². The van der Waals surface area contributed by atoms with Crippen molar-refractivity contribution in [3.05, 3.63) is 155 Å². The summed E-state index contributed by atoms with van der Waals surface area (Å²) in [6.07, 6.45) is -0.507. The summed E-state index contributed by atoms with van der Waals surface area (Å²) in [5.41, 5.74) is 2.74. The lowest BCUT2D eigenvalue weighted by molar-refractivity contribution is -0.146. The molecule has 0 unspecified atom stereocenters. The van der Waals surface area contributed by atoms with Crippen LogP contribution in [0, 0.1) is 13.8 Å². The van der Waals surface area contributed by atoms with Crippen LogP contribution in [0.4, 0.5) is 5.69 Å². The average Bonchev–Trinajstić information content (AvgIpc) is 3.90. The smallest absolute Gasteiger partial charge is 0.328 e. The second-order valence-corrected chi connectivity index (χ2v) is 24.5. The van der Waals surface area contributed by atoms with E-state index in [9.17, 15) is 56.1 Å². The van der Waals surface area contributed by atoms with Crippen LogP contribution in [0.15, 0.2) is 137 Å². The normalized spacial score (nSPS) is 17.9. The molecule has 0 aromatic heterocycles. The lowest BCUT2D eigenvalue weighted by atomic mass is 10.1. The van der Waals surface area contributed by atoms with Crippen molar-refractivity contribution in [3.8, 4) is 5.75 Å². The van der Waals surface area contributed by atoms with Crippen molar-refractivity contribution in [2.24, 2.45) is 0 Å². The number of carboxylic acid groups (broad SMARTS) is 2. The summed E-state index contributed by atoms with van der Waals surface area (Å²) in [6, 6.07) is 29.3. The van der Waals surface area contributed by atoms with Gasteiger partial charge in [0.2, 0.25) is 0 Å². The molecule has 4 atom stereocenters. The van der Waals surface area contributed by atoms with Gasteiger partial charge in [-0.1, -0.05) is 77.9 Å². The van der Waals surface area contributed by atoms with Gasteiger partial charge in [0, 0.05) is 46.7 Å². The highest BCUT2D eigenvalue weighted by Gasteiger charge is 2.47. The Hall–Kier alpha value is -6.23. The van der Waals surface area contributed by atoms with Crippen LogP contribution < -0.4 is 16.0 Å². The van der Waals surface area contributed by atoms with Crippen LogP contribution in [0.1, 0.15) is 60.3 Å². The zero-order chi connectivity index (χ0) is 52.8. The summed E-state index contributed by atoms with van der Waals surface area (Å²) in [4.78, 5) is 64.1. The van der Waals surface area contributed by atoms with E-state index in [1.54, 1.807) is 92.7 Å². The predicted molar refractivity (Wildman–Crippen MR) is 277 cm³/mol. The maximum Gasteiger partial charge on any atom is 0.328 e. The lowest BCUT2D eigenvalue weighted by Gasteiger charge is -2.31. The fourth-order valence-corrected chi connectivity index (χ4v) is 13.5. The van der Waals surface area contributed by atoms with Gasteiger partial charge in [0.05, 0.1) is 9.79 Å². The highest BCUT2D eigenvalue weighted by Crippen LogP contribution is 2.33. The first-order valence-electron chi connectivity index (χ1n) is 22.6. The van der Waals surface area contributed by atoms with E-state index < -0.39 is 77.7 Å². The molecule has 2 heterocycles. The van der Waals surface area contributed by atoms with E-state index in [2.05, 4.69) is 16.0 Å². The molecule has 21 heteroatoms. The largest absolute Gasteiger partial charge is 0.508 e. The number of anilines is 1. The van der Waals surface area contributed by atoms with Crippen molar-refractivity contribution >= 4 is 78.9 Å². The third-order valence-electron chi connectivity index (χ3n) is 11.5. The number of aryl methyl sites for hydroxylation is 2. The van der Waals surface area contributed by atoms with Gasteiger partial charge in [-0.25, -0.2) is 35.0 Å². The first kappa shape index (κ1) is 55.1. The van der Waals surface area contributed by atoms with Crippen molar-refractivity contribution in [1.82, 2.24) is 19.2 Å². The average molecular weight is 1060 g/mol.